The predicted molar refractivity (Wildman–Crippen MR) is 59.3 cm³/mol. The minimum Gasteiger partial charge on any atom is -0.103 e. The van der Waals surface area contributed by atoms with Gasteiger partial charge in [0.25, 0.3) is 0 Å². The Balaban J connectivity index is 2.12. The summed E-state index contributed by atoms with van der Waals surface area (Å²) in [7, 11) is 0.419. The molecule has 0 aliphatic carbocycles. The monoisotopic (exact) mass is 184 g/mol. The topological polar surface area (TPSA) is 0 Å². The van der Waals surface area contributed by atoms with E-state index in [1.54, 1.807) is 0 Å². The maximum Gasteiger partial charge on any atom is -0.0118 e. The maximum absolute atomic E-state index is 3.75. The van der Waals surface area contributed by atoms with E-state index in [4.69, 9.17) is 0 Å². The van der Waals surface area contributed by atoms with Crippen LogP contribution in [0.3, 0.4) is 0 Å². The maximum atomic E-state index is 3.75. The van der Waals surface area contributed by atoms with Gasteiger partial charge in [0.2, 0.25) is 0 Å². The fraction of sp³-hybridized carbons (Fsp3) is 0.818. The van der Waals surface area contributed by atoms with Crippen molar-refractivity contribution in [3.05, 3.63) is 12.7 Å². The van der Waals surface area contributed by atoms with Crippen LogP contribution in [-0.4, -0.2) is 18.0 Å². The minimum atomic E-state index is 0.419. The highest BCUT2D eigenvalue weighted by atomic mass is 31.1. The molecule has 1 heteroatoms. The largest absolute Gasteiger partial charge is 0.103 e. The van der Waals surface area contributed by atoms with Gasteiger partial charge in [-0.05, 0) is 43.2 Å². The molecule has 1 aliphatic heterocycles. The summed E-state index contributed by atoms with van der Waals surface area (Å²) in [4.78, 5) is 0. The van der Waals surface area contributed by atoms with Gasteiger partial charge >= 0.3 is 0 Å². The van der Waals surface area contributed by atoms with Crippen LogP contribution in [0.4, 0.5) is 0 Å². The first-order valence-electron chi connectivity index (χ1n) is 5.01. The molecule has 1 rings (SSSR count). The number of hydrogen-bond acceptors (Lipinski definition) is 0. The summed E-state index contributed by atoms with van der Waals surface area (Å²) >= 11 is 0. The smallest absolute Gasteiger partial charge is 0.0118 e. The lowest BCUT2D eigenvalue weighted by Gasteiger charge is -2.08. The second kappa shape index (κ2) is 4.42. The summed E-state index contributed by atoms with van der Waals surface area (Å²) in [5.74, 6) is 0.969. The van der Waals surface area contributed by atoms with Crippen LogP contribution in [0.1, 0.15) is 33.1 Å². The van der Waals surface area contributed by atoms with Crippen LogP contribution in [0.5, 0.6) is 0 Å². The number of hydrogen-bond donors (Lipinski definition) is 0. The van der Waals surface area contributed by atoms with Crippen LogP contribution in [0.2, 0.25) is 0 Å². The molecule has 0 aromatic rings. The van der Waals surface area contributed by atoms with Gasteiger partial charge in [-0.3, -0.25) is 0 Å². The Morgan fingerprint density at radius 2 is 2.17 bits per heavy atom. The van der Waals surface area contributed by atoms with Crippen molar-refractivity contribution in [1.82, 2.24) is 0 Å². The zero-order valence-electron chi connectivity index (χ0n) is 8.59. The van der Waals surface area contributed by atoms with E-state index in [1.165, 1.54) is 19.3 Å². The highest BCUT2D eigenvalue weighted by Gasteiger charge is 2.45. The Hall–Kier alpha value is 0.170. The first-order valence-corrected chi connectivity index (χ1v) is 6.94. The van der Waals surface area contributed by atoms with Crippen LogP contribution >= 0.6 is 7.92 Å². The molecule has 0 amide bonds. The van der Waals surface area contributed by atoms with E-state index in [0.29, 0.717) is 7.92 Å². The molecule has 0 radical (unpaired) electrons. The fourth-order valence-corrected chi connectivity index (χ4v) is 4.85. The lowest BCUT2D eigenvalue weighted by atomic mass is 9.99. The zero-order chi connectivity index (χ0) is 9.14. The van der Waals surface area contributed by atoms with Crippen molar-refractivity contribution < 1.29 is 0 Å². The van der Waals surface area contributed by atoms with Gasteiger partial charge < -0.3 is 0 Å². The normalized spacial score (nSPS) is 36.1. The Labute approximate surface area is 78.2 Å². The average Bonchev–Trinajstić information content (AvgIpc) is 2.61. The molecule has 1 aliphatic rings. The van der Waals surface area contributed by atoms with Crippen molar-refractivity contribution in [2.75, 3.05) is 6.66 Å². The molecule has 0 spiro atoms. The number of allylic oxidation sites excluding steroid dienone is 1. The van der Waals surface area contributed by atoms with Gasteiger partial charge in [-0.2, -0.15) is 0 Å². The average molecular weight is 184 g/mol. The predicted octanol–water partition coefficient (Wildman–Crippen LogP) is 3.86. The summed E-state index contributed by atoms with van der Waals surface area (Å²) < 4.78 is 0. The van der Waals surface area contributed by atoms with Gasteiger partial charge in [-0.15, -0.1) is 14.5 Å². The van der Waals surface area contributed by atoms with Crippen LogP contribution in [0, 0.1) is 5.92 Å². The molecule has 70 valence electrons. The van der Waals surface area contributed by atoms with Gasteiger partial charge in [0.05, 0.1) is 0 Å². The zero-order valence-corrected chi connectivity index (χ0v) is 9.48. The quantitative estimate of drug-likeness (QED) is 0.346. The molecule has 1 saturated heterocycles. The van der Waals surface area contributed by atoms with E-state index < -0.39 is 0 Å². The molecule has 0 bridgehead atoms. The summed E-state index contributed by atoms with van der Waals surface area (Å²) in [6.45, 7) is 11.0. The Kier molecular flexibility index (Phi) is 3.77. The molecular weight excluding hydrogens is 163 g/mol. The first kappa shape index (κ1) is 10.3. The number of unbranched alkanes of at least 4 members (excludes halogenated alkanes) is 1. The van der Waals surface area contributed by atoms with Crippen LogP contribution < -0.4 is 0 Å². The third kappa shape index (κ3) is 2.33. The summed E-state index contributed by atoms with van der Waals surface area (Å²) in [6, 6.07) is 0. The van der Waals surface area contributed by atoms with E-state index >= 15 is 0 Å². The molecule has 0 nitrogen and oxygen atoms in total. The van der Waals surface area contributed by atoms with E-state index in [0.717, 1.165) is 17.2 Å². The summed E-state index contributed by atoms with van der Waals surface area (Å²) in [6.07, 6.45) is 6.00. The van der Waals surface area contributed by atoms with Crippen LogP contribution in [0.25, 0.3) is 0 Å². The van der Waals surface area contributed by atoms with Crippen molar-refractivity contribution in [2.45, 2.75) is 44.4 Å². The lowest BCUT2D eigenvalue weighted by molar-refractivity contribution is 0.515. The molecule has 0 N–H and O–H groups in total. The molecule has 0 aromatic heterocycles. The van der Waals surface area contributed by atoms with E-state index in [9.17, 15) is 0 Å². The molecular formula is C11H21P. The van der Waals surface area contributed by atoms with Gasteiger partial charge in [-0.25, -0.2) is 0 Å². The van der Waals surface area contributed by atoms with Gasteiger partial charge in [-0.1, -0.05) is 19.9 Å². The summed E-state index contributed by atoms with van der Waals surface area (Å²) in [5, 5.41) is 0. The Morgan fingerprint density at radius 3 is 2.58 bits per heavy atom. The molecule has 1 heterocycles. The van der Waals surface area contributed by atoms with Crippen LogP contribution in [0.15, 0.2) is 12.7 Å². The van der Waals surface area contributed by atoms with Gasteiger partial charge in [0.15, 0.2) is 0 Å². The second-order valence-electron chi connectivity index (χ2n) is 4.09. The fourth-order valence-electron chi connectivity index (χ4n) is 2.16. The molecule has 0 aromatic carbocycles. The van der Waals surface area contributed by atoms with E-state index in [1.807, 2.05) is 6.08 Å². The standard InChI is InChI=1S/C11H21P/c1-5-6-7-8-9(2)11-10(3)12(11)4/h5,9-11H,1,6-8H2,2-4H3. The van der Waals surface area contributed by atoms with Gasteiger partial charge in [0.1, 0.15) is 0 Å². The SMILES string of the molecule is C=CCCCC(C)C1C(C)P1C. The minimum absolute atomic E-state index is 0.419. The van der Waals surface area contributed by atoms with E-state index in [-0.39, 0.29) is 0 Å². The Morgan fingerprint density at radius 1 is 1.58 bits per heavy atom. The van der Waals surface area contributed by atoms with E-state index in [2.05, 4.69) is 27.1 Å². The molecule has 1 fully saturated rings. The second-order valence-corrected chi connectivity index (χ2v) is 6.84. The Bertz CT molecular complexity index is 145. The third-order valence-corrected chi connectivity index (χ3v) is 6.33. The summed E-state index contributed by atoms with van der Waals surface area (Å²) in [5.41, 5.74) is 2.14. The van der Waals surface area contributed by atoms with Crippen molar-refractivity contribution in [2.24, 2.45) is 5.92 Å². The first-order chi connectivity index (χ1) is 5.68. The van der Waals surface area contributed by atoms with Gasteiger partial charge in [0, 0.05) is 0 Å². The highest BCUT2D eigenvalue weighted by Crippen LogP contribution is 2.66. The molecule has 0 saturated carbocycles. The highest BCUT2D eigenvalue weighted by molar-refractivity contribution is 7.66. The van der Waals surface area contributed by atoms with Crippen LogP contribution in [-0.2, 0) is 0 Å². The van der Waals surface area contributed by atoms with Crippen molar-refractivity contribution in [3.8, 4) is 0 Å². The van der Waals surface area contributed by atoms with Crippen molar-refractivity contribution in [1.29, 1.82) is 0 Å². The number of rotatable bonds is 5. The van der Waals surface area contributed by atoms with Crippen molar-refractivity contribution >= 4 is 7.92 Å². The molecule has 4 unspecified atom stereocenters. The molecule has 4 atom stereocenters. The van der Waals surface area contributed by atoms with Crippen molar-refractivity contribution in [3.63, 3.8) is 0 Å². The lowest BCUT2D eigenvalue weighted by Crippen LogP contribution is -2.04. The molecule has 12 heavy (non-hydrogen) atoms. The third-order valence-electron chi connectivity index (χ3n) is 3.17.